The molecule has 1 N–H and O–H groups in total. The van der Waals surface area contributed by atoms with E-state index in [-0.39, 0.29) is 6.61 Å². The highest BCUT2D eigenvalue weighted by Gasteiger charge is 2.07. The van der Waals surface area contributed by atoms with Gasteiger partial charge in [0.25, 0.3) is 0 Å². The highest BCUT2D eigenvalue weighted by molar-refractivity contribution is 5.57. The highest BCUT2D eigenvalue weighted by Crippen LogP contribution is 2.18. The van der Waals surface area contributed by atoms with Crippen molar-refractivity contribution in [2.75, 3.05) is 0 Å². The molecule has 0 spiro atoms. The van der Waals surface area contributed by atoms with E-state index in [1.54, 1.807) is 18.3 Å². The van der Waals surface area contributed by atoms with Gasteiger partial charge in [-0.3, -0.25) is 0 Å². The number of nitriles is 1. The maximum Gasteiger partial charge on any atom is 0.139 e. The van der Waals surface area contributed by atoms with Gasteiger partial charge < -0.3 is 9.67 Å². The minimum absolute atomic E-state index is 0.0280. The van der Waals surface area contributed by atoms with Crippen LogP contribution in [0.5, 0.6) is 0 Å². The van der Waals surface area contributed by atoms with E-state index in [1.807, 2.05) is 23.7 Å². The predicted octanol–water partition coefficient (Wildman–Crippen LogP) is 1.45. The lowest BCUT2D eigenvalue weighted by Crippen LogP contribution is -1.98. The minimum atomic E-state index is -0.0280. The quantitative estimate of drug-likeness (QED) is 0.821. The molecule has 0 saturated heterocycles. The highest BCUT2D eigenvalue weighted by atomic mass is 16.3. The third-order valence-corrected chi connectivity index (χ3v) is 2.52. The molecule has 2 aromatic rings. The van der Waals surface area contributed by atoms with Crippen molar-refractivity contribution in [3.63, 3.8) is 0 Å². The number of hydrogen-bond donors (Lipinski definition) is 1. The maximum atomic E-state index is 9.06. The van der Waals surface area contributed by atoms with Crippen molar-refractivity contribution in [2.45, 2.75) is 6.61 Å². The number of benzene rings is 1. The summed E-state index contributed by atoms with van der Waals surface area (Å²) in [5.41, 5.74) is 2.32. The van der Waals surface area contributed by atoms with Crippen LogP contribution in [0, 0.1) is 11.3 Å². The van der Waals surface area contributed by atoms with Gasteiger partial charge in [-0.2, -0.15) is 5.26 Å². The van der Waals surface area contributed by atoms with Crippen molar-refractivity contribution in [1.29, 1.82) is 5.26 Å². The third-order valence-electron chi connectivity index (χ3n) is 2.52. The normalized spacial score (nSPS) is 10.1. The molecule has 4 heteroatoms. The van der Waals surface area contributed by atoms with E-state index in [1.165, 1.54) is 0 Å². The van der Waals surface area contributed by atoms with E-state index < -0.39 is 0 Å². The lowest BCUT2D eigenvalue weighted by atomic mass is 10.1. The van der Waals surface area contributed by atoms with Gasteiger partial charge in [0.05, 0.1) is 30.1 Å². The van der Waals surface area contributed by atoms with Gasteiger partial charge >= 0.3 is 0 Å². The Kier molecular flexibility index (Phi) is 2.71. The van der Waals surface area contributed by atoms with Crippen LogP contribution < -0.4 is 0 Å². The molecule has 1 heterocycles. The molecule has 0 fully saturated rings. The number of hydrogen-bond acceptors (Lipinski definition) is 3. The van der Waals surface area contributed by atoms with Crippen LogP contribution in [-0.2, 0) is 13.7 Å². The first-order valence-corrected chi connectivity index (χ1v) is 4.88. The standard InChI is InChI=1S/C12H11N3O/c1-15-11(8-16)7-14-12(15)10-4-2-9(6-13)3-5-10/h2-5,7,16H,8H2,1H3. The summed E-state index contributed by atoms with van der Waals surface area (Å²) >= 11 is 0. The van der Waals surface area contributed by atoms with Crippen molar-refractivity contribution in [3.8, 4) is 17.5 Å². The summed E-state index contributed by atoms with van der Waals surface area (Å²) in [5.74, 6) is 0.786. The Balaban J connectivity index is 2.43. The molecule has 0 aliphatic carbocycles. The Labute approximate surface area is 93.4 Å². The van der Waals surface area contributed by atoms with E-state index in [4.69, 9.17) is 10.4 Å². The fraction of sp³-hybridized carbons (Fsp3) is 0.167. The van der Waals surface area contributed by atoms with Gasteiger partial charge in [-0.15, -0.1) is 0 Å². The number of rotatable bonds is 2. The molecule has 0 saturated carbocycles. The molecule has 4 nitrogen and oxygen atoms in total. The molecule has 1 aromatic heterocycles. The van der Waals surface area contributed by atoms with Gasteiger partial charge in [0, 0.05) is 12.6 Å². The second-order valence-corrected chi connectivity index (χ2v) is 3.48. The second-order valence-electron chi connectivity index (χ2n) is 3.48. The Bertz CT molecular complexity index is 534. The molecule has 16 heavy (non-hydrogen) atoms. The average Bonchev–Trinajstić information content (AvgIpc) is 2.70. The molecule has 0 amide bonds. The molecular formula is C12H11N3O. The molecule has 0 unspecified atom stereocenters. The van der Waals surface area contributed by atoms with Crippen LogP contribution in [0.25, 0.3) is 11.4 Å². The van der Waals surface area contributed by atoms with Gasteiger partial charge in [0.1, 0.15) is 5.82 Å². The van der Waals surface area contributed by atoms with Gasteiger partial charge in [0.15, 0.2) is 0 Å². The topological polar surface area (TPSA) is 61.8 Å². The zero-order chi connectivity index (χ0) is 11.5. The molecule has 2 rings (SSSR count). The van der Waals surface area contributed by atoms with Crippen LogP contribution in [0.2, 0.25) is 0 Å². The Morgan fingerprint density at radius 3 is 2.56 bits per heavy atom. The molecular weight excluding hydrogens is 202 g/mol. The van der Waals surface area contributed by atoms with Crippen molar-refractivity contribution < 1.29 is 5.11 Å². The van der Waals surface area contributed by atoms with Crippen LogP contribution in [0.4, 0.5) is 0 Å². The molecule has 0 bridgehead atoms. The van der Waals surface area contributed by atoms with Crippen molar-refractivity contribution >= 4 is 0 Å². The fourth-order valence-corrected chi connectivity index (χ4v) is 1.55. The predicted molar refractivity (Wildman–Crippen MR) is 59.3 cm³/mol. The summed E-state index contributed by atoms with van der Waals surface area (Å²) in [6.07, 6.45) is 1.65. The molecule has 0 aliphatic rings. The smallest absolute Gasteiger partial charge is 0.139 e. The van der Waals surface area contributed by atoms with Gasteiger partial charge in [-0.25, -0.2) is 4.98 Å². The largest absolute Gasteiger partial charge is 0.390 e. The second kappa shape index (κ2) is 4.17. The van der Waals surface area contributed by atoms with Crippen molar-refractivity contribution in [2.24, 2.45) is 7.05 Å². The monoisotopic (exact) mass is 213 g/mol. The van der Waals surface area contributed by atoms with Crippen LogP contribution >= 0.6 is 0 Å². The summed E-state index contributed by atoms with van der Waals surface area (Å²) in [5, 5.41) is 17.7. The van der Waals surface area contributed by atoms with Gasteiger partial charge in [-0.05, 0) is 24.3 Å². The molecule has 80 valence electrons. The van der Waals surface area contributed by atoms with Crippen LogP contribution in [0.15, 0.2) is 30.5 Å². The number of nitrogens with zero attached hydrogens (tertiary/aromatic N) is 3. The maximum absolute atomic E-state index is 9.06. The summed E-state index contributed by atoms with van der Waals surface area (Å²) < 4.78 is 1.83. The van der Waals surface area contributed by atoms with E-state index in [9.17, 15) is 0 Å². The summed E-state index contributed by atoms with van der Waals surface area (Å²) in [4.78, 5) is 4.23. The number of aliphatic hydroxyl groups excluding tert-OH is 1. The average molecular weight is 213 g/mol. The number of imidazole rings is 1. The first-order chi connectivity index (χ1) is 7.76. The van der Waals surface area contributed by atoms with Crippen LogP contribution in [0.1, 0.15) is 11.3 Å². The van der Waals surface area contributed by atoms with Crippen molar-refractivity contribution in [1.82, 2.24) is 9.55 Å². The SMILES string of the molecule is Cn1c(CO)cnc1-c1ccc(C#N)cc1. The van der Waals surface area contributed by atoms with Gasteiger partial charge in [0.2, 0.25) is 0 Å². The zero-order valence-corrected chi connectivity index (χ0v) is 8.88. The lowest BCUT2D eigenvalue weighted by Gasteiger charge is -2.03. The summed E-state index contributed by atoms with van der Waals surface area (Å²) in [6.45, 7) is -0.0280. The summed E-state index contributed by atoms with van der Waals surface area (Å²) in [7, 11) is 1.85. The van der Waals surface area contributed by atoms with Gasteiger partial charge in [-0.1, -0.05) is 0 Å². The van der Waals surface area contributed by atoms with E-state index in [0.717, 1.165) is 17.1 Å². The Morgan fingerprint density at radius 1 is 1.38 bits per heavy atom. The molecule has 0 radical (unpaired) electrons. The number of aliphatic hydroxyl groups is 1. The van der Waals surface area contributed by atoms with E-state index in [2.05, 4.69) is 11.1 Å². The zero-order valence-electron chi connectivity index (χ0n) is 8.88. The molecule has 0 aliphatic heterocycles. The first kappa shape index (κ1) is 10.4. The minimum Gasteiger partial charge on any atom is -0.390 e. The lowest BCUT2D eigenvalue weighted by molar-refractivity contribution is 0.273. The van der Waals surface area contributed by atoms with Crippen LogP contribution in [-0.4, -0.2) is 14.7 Å². The fourth-order valence-electron chi connectivity index (χ4n) is 1.55. The van der Waals surface area contributed by atoms with E-state index in [0.29, 0.717) is 5.56 Å². The van der Waals surface area contributed by atoms with E-state index >= 15 is 0 Å². The Morgan fingerprint density at radius 2 is 2.06 bits per heavy atom. The number of aromatic nitrogens is 2. The first-order valence-electron chi connectivity index (χ1n) is 4.88. The third kappa shape index (κ3) is 1.69. The van der Waals surface area contributed by atoms with Crippen molar-refractivity contribution in [3.05, 3.63) is 41.7 Å². The molecule has 0 atom stereocenters. The molecule has 1 aromatic carbocycles. The Hall–Kier alpha value is -2.12. The summed E-state index contributed by atoms with van der Waals surface area (Å²) in [6, 6.07) is 9.27. The van der Waals surface area contributed by atoms with Crippen LogP contribution in [0.3, 0.4) is 0 Å².